The van der Waals surface area contributed by atoms with Crippen LogP contribution in [0.25, 0.3) is 0 Å². The lowest BCUT2D eigenvalue weighted by atomic mass is 9.86. The van der Waals surface area contributed by atoms with Crippen molar-refractivity contribution >= 4 is 20.1 Å². The molecule has 0 bridgehead atoms. The Balaban J connectivity index is 1.64. The zero-order valence-electron chi connectivity index (χ0n) is 22.4. The first-order valence-electron chi connectivity index (χ1n) is 13.9. The Labute approximate surface area is 216 Å². The molecule has 36 heavy (non-hydrogen) atoms. The quantitative estimate of drug-likeness (QED) is 0.235. The monoisotopic (exact) mass is 524 g/mol. The van der Waals surface area contributed by atoms with Gasteiger partial charge < -0.3 is 28.1 Å². The minimum Gasteiger partial charge on any atom is -0.469 e. The van der Waals surface area contributed by atoms with Gasteiger partial charge in [0, 0.05) is 12.8 Å². The molecule has 4 fully saturated rings. The zero-order chi connectivity index (χ0) is 25.9. The maximum Gasteiger partial charge on any atom is 0.308 e. The second kappa shape index (κ2) is 11.7. The molecule has 0 aromatic carbocycles. The van der Waals surface area contributed by atoms with Crippen molar-refractivity contribution in [1.82, 2.24) is 0 Å². The van der Waals surface area contributed by atoms with Crippen LogP contribution < -0.4 is 0 Å². The number of carbonyl (C=O) groups is 2. The average Bonchev–Trinajstić information content (AvgIpc) is 3.28. The van der Waals surface area contributed by atoms with Crippen molar-refractivity contribution in [1.29, 1.82) is 0 Å². The second-order valence-electron chi connectivity index (χ2n) is 10.7. The van der Waals surface area contributed by atoms with Crippen LogP contribution in [0.4, 0.5) is 0 Å². The number of carbonyl (C=O) groups excluding carboxylic acids is 2. The average molecular weight is 525 g/mol. The lowest BCUT2D eigenvalue weighted by Gasteiger charge is -2.48. The van der Waals surface area contributed by atoms with Crippen LogP contribution in [-0.2, 0) is 37.7 Å². The van der Waals surface area contributed by atoms with Crippen LogP contribution >= 0.6 is 0 Å². The molecular weight excluding hydrogens is 480 g/mol. The molecule has 0 amide bonds. The first-order valence-corrected chi connectivity index (χ1v) is 16.4. The third-order valence-electron chi connectivity index (χ3n) is 8.82. The van der Waals surface area contributed by atoms with Crippen LogP contribution in [0.1, 0.15) is 72.1 Å². The number of rotatable bonds is 10. The topological polar surface area (TPSA) is 89.5 Å². The largest absolute Gasteiger partial charge is 0.469 e. The Morgan fingerprint density at radius 1 is 1.00 bits per heavy atom. The number of esters is 1. The molecule has 8 nitrogen and oxygen atoms in total. The van der Waals surface area contributed by atoms with Gasteiger partial charge in [0.1, 0.15) is 30.5 Å². The molecule has 1 saturated carbocycles. The summed E-state index contributed by atoms with van der Waals surface area (Å²) in [7, 11) is -0.749. The molecule has 4 rings (SSSR count). The fraction of sp³-hybridized carbons (Fsp3) is 0.852. The van der Waals surface area contributed by atoms with Crippen molar-refractivity contribution in [3.8, 4) is 0 Å². The molecule has 0 radical (unpaired) electrons. The highest BCUT2D eigenvalue weighted by Crippen LogP contribution is 2.48. The van der Waals surface area contributed by atoms with Crippen molar-refractivity contribution in [2.45, 2.75) is 139 Å². The molecule has 9 heteroatoms. The third-order valence-corrected chi connectivity index (χ3v) is 13.4. The molecule has 0 aromatic heterocycles. The van der Waals surface area contributed by atoms with Crippen LogP contribution in [0.2, 0.25) is 18.1 Å². The van der Waals surface area contributed by atoms with E-state index in [0.717, 1.165) is 50.2 Å². The van der Waals surface area contributed by atoms with Gasteiger partial charge in [-0.25, -0.2) is 0 Å². The van der Waals surface area contributed by atoms with Crippen LogP contribution in [0.15, 0.2) is 12.7 Å². The van der Waals surface area contributed by atoms with Crippen molar-refractivity contribution < 1.29 is 37.7 Å². The number of hydrogen-bond acceptors (Lipinski definition) is 8. The molecule has 4 aliphatic rings. The van der Waals surface area contributed by atoms with Gasteiger partial charge >= 0.3 is 5.97 Å². The number of fused-ring (bicyclic) bond motifs is 3. The normalized spacial score (nSPS) is 34.4. The Hall–Kier alpha value is -1.10. The number of ether oxygens (including phenoxy) is 5. The van der Waals surface area contributed by atoms with Gasteiger partial charge in [-0.15, -0.1) is 0 Å². The van der Waals surface area contributed by atoms with Crippen molar-refractivity contribution in [2.75, 3.05) is 7.11 Å². The predicted octanol–water partition coefficient (Wildman–Crippen LogP) is 4.45. The molecule has 7 atom stereocenters. The van der Waals surface area contributed by atoms with Crippen molar-refractivity contribution in [2.24, 2.45) is 0 Å². The molecule has 3 heterocycles. The molecule has 3 saturated heterocycles. The molecule has 1 unspecified atom stereocenters. The number of methoxy groups -OCH3 is 1. The van der Waals surface area contributed by atoms with E-state index in [9.17, 15) is 9.59 Å². The minimum atomic E-state index is -2.14. The highest BCUT2D eigenvalue weighted by molar-refractivity contribution is 6.73. The van der Waals surface area contributed by atoms with E-state index in [1.165, 1.54) is 13.2 Å². The van der Waals surface area contributed by atoms with Gasteiger partial charge in [0.15, 0.2) is 19.9 Å². The maximum absolute atomic E-state index is 13.3. The van der Waals surface area contributed by atoms with Gasteiger partial charge in [-0.3, -0.25) is 9.59 Å². The van der Waals surface area contributed by atoms with E-state index in [-0.39, 0.29) is 36.5 Å². The van der Waals surface area contributed by atoms with Gasteiger partial charge in [0.05, 0.1) is 25.7 Å². The van der Waals surface area contributed by atoms with E-state index in [1.807, 2.05) is 0 Å². The van der Waals surface area contributed by atoms with E-state index in [1.54, 1.807) is 0 Å². The van der Waals surface area contributed by atoms with Crippen LogP contribution in [0.3, 0.4) is 0 Å². The standard InChI is InChI=1S/C27H44O8Si/c1-6-19(28)22(35-36(7-2,8-3)9-4)24-26-25(33-27(34-26)15-11-10-12-16-27)23-20(32-24)14-13-18(31-23)17-21(29)30-5/h6,18,20,22-26H,1,7-17H2,2-5H3/t18?,20-,22+,23-,24-,25-,26+/m0/s1. The molecular formula is C27H44O8Si. The van der Waals surface area contributed by atoms with Crippen LogP contribution in [0.5, 0.6) is 0 Å². The first-order chi connectivity index (χ1) is 17.3. The Morgan fingerprint density at radius 3 is 2.28 bits per heavy atom. The summed E-state index contributed by atoms with van der Waals surface area (Å²) in [6.07, 6.45) is 4.63. The number of ketones is 1. The predicted molar refractivity (Wildman–Crippen MR) is 136 cm³/mol. The van der Waals surface area contributed by atoms with Gasteiger partial charge in [0.25, 0.3) is 0 Å². The van der Waals surface area contributed by atoms with Crippen LogP contribution in [-0.4, -0.2) is 75.7 Å². The molecule has 0 N–H and O–H groups in total. The lowest BCUT2D eigenvalue weighted by molar-refractivity contribution is -0.250. The van der Waals surface area contributed by atoms with Gasteiger partial charge in [-0.2, -0.15) is 0 Å². The summed E-state index contributed by atoms with van der Waals surface area (Å²) >= 11 is 0. The van der Waals surface area contributed by atoms with E-state index in [0.29, 0.717) is 12.8 Å². The summed E-state index contributed by atoms with van der Waals surface area (Å²) in [5.74, 6) is -1.14. The van der Waals surface area contributed by atoms with Crippen molar-refractivity contribution in [3.63, 3.8) is 0 Å². The fourth-order valence-electron chi connectivity index (χ4n) is 6.43. The van der Waals surface area contributed by atoms with E-state index >= 15 is 0 Å². The van der Waals surface area contributed by atoms with E-state index in [4.69, 9.17) is 28.1 Å². The third kappa shape index (κ3) is 5.52. The van der Waals surface area contributed by atoms with Gasteiger partial charge in [0.2, 0.25) is 0 Å². The second-order valence-corrected chi connectivity index (χ2v) is 15.5. The van der Waals surface area contributed by atoms with Crippen molar-refractivity contribution in [3.05, 3.63) is 12.7 Å². The summed E-state index contributed by atoms with van der Waals surface area (Å²) in [6, 6.07) is 2.77. The fourth-order valence-corrected chi connectivity index (χ4v) is 9.22. The highest BCUT2D eigenvalue weighted by atomic mass is 28.4. The number of hydrogen-bond donors (Lipinski definition) is 0. The smallest absolute Gasteiger partial charge is 0.308 e. The lowest BCUT2D eigenvalue weighted by Crippen LogP contribution is -2.64. The summed E-state index contributed by atoms with van der Waals surface area (Å²) in [4.78, 5) is 25.2. The molecule has 3 aliphatic heterocycles. The van der Waals surface area contributed by atoms with Crippen LogP contribution in [0, 0.1) is 0 Å². The minimum absolute atomic E-state index is 0.169. The Bertz CT molecular complexity index is 784. The van der Waals surface area contributed by atoms with Gasteiger partial charge in [-0.1, -0.05) is 33.8 Å². The first kappa shape index (κ1) is 27.9. The molecule has 0 aromatic rings. The molecule has 204 valence electrons. The molecule has 1 spiro atoms. The maximum atomic E-state index is 13.3. The van der Waals surface area contributed by atoms with E-state index in [2.05, 4.69) is 27.4 Å². The summed E-state index contributed by atoms with van der Waals surface area (Å²) in [5.41, 5.74) is 0. The summed E-state index contributed by atoms with van der Waals surface area (Å²) < 4.78 is 38.2. The summed E-state index contributed by atoms with van der Waals surface area (Å²) in [5, 5.41) is 0. The molecule has 1 aliphatic carbocycles. The SMILES string of the molecule is C=CC(=O)[C@@H](O[Si](CC)(CC)CC)[C@@H]1O[C@H]2CCC(CC(=O)OC)O[C@@H]2[C@@H]2OC3(CCCCC3)O[C@@H]21. The summed E-state index contributed by atoms with van der Waals surface area (Å²) in [6.45, 7) is 10.2. The van der Waals surface area contributed by atoms with Gasteiger partial charge in [-0.05, 0) is 49.9 Å². The Kier molecular flexibility index (Phi) is 9.11. The zero-order valence-corrected chi connectivity index (χ0v) is 23.4. The Morgan fingerprint density at radius 2 is 1.67 bits per heavy atom. The van der Waals surface area contributed by atoms with E-state index < -0.39 is 38.5 Å². The highest BCUT2D eigenvalue weighted by Gasteiger charge is 2.62.